The van der Waals surface area contributed by atoms with Gasteiger partial charge in [0, 0.05) is 31.9 Å². The molecular formula is C24H29F2N3OS. The van der Waals surface area contributed by atoms with Crippen LogP contribution in [0.5, 0.6) is 5.75 Å². The maximum Gasteiger partial charge on any atom is 0.190 e. The molecule has 0 aromatic heterocycles. The van der Waals surface area contributed by atoms with E-state index in [4.69, 9.17) is 9.73 Å². The standard InChI is InChI=1S/C24H29F2N3OS/c1-28(24-27-22-10-3-2-7-18(22)17-31-24)19-11-14-29(15-12-19)13-4-5-16-30-23-20(25)8-6-9-21(23)26/h2-3,6-10,19H,4-5,11-17H2,1H3. The highest BCUT2D eigenvalue weighted by atomic mass is 32.2. The molecule has 2 aliphatic heterocycles. The summed E-state index contributed by atoms with van der Waals surface area (Å²) in [6.45, 7) is 3.44. The highest BCUT2D eigenvalue weighted by Gasteiger charge is 2.26. The Hall–Kier alpha value is -2.12. The van der Waals surface area contributed by atoms with Crippen LogP contribution >= 0.6 is 11.8 Å². The summed E-state index contributed by atoms with van der Waals surface area (Å²) in [6, 6.07) is 12.7. The number of benzene rings is 2. The Labute approximate surface area is 187 Å². The smallest absolute Gasteiger partial charge is 0.190 e. The molecule has 4 rings (SSSR count). The summed E-state index contributed by atoms with van der Waals surface area (Å²) in [5.41, 5.74) is 2.40. The van der Waals surface area contributed by atoms with E-state index in [0.29, 0.717) is 12.6 Å². The van der Waals surface area contributed by atoms with Crippen LogP contribution < -0.4 is 4.74 Å². The zero-order valence-corrected chi connectivity index (χ0v) is 18.7. The average molecular weight is 446 g/mol. The van der Waals surface area contributed by atoms with Gasteiger partial charge in [-0.3, -0.25) is 0 Å². The number of ether oxygens (including phenoxy) is 1. The van der Waals surface area contributed by atoms with Crippen molar-refractivity contribution in [1.29, 1.82) is 0 Å². The van der Waals surface area contributed by atoms with E-state index in [0.717, 1.165) is 61.9 Å². The second kappa shape index (κ2) is 10.5. The first-order valence-electron chi connectivity index (χ1n) is 10.9. The molecule has 31 heavy (non-hydrogen) atoms. The molecular weight excluding hydrogens is 416 g/mol. The van der Waals surface area contributed by atoms with Crippen molar-refractivity contribution in [1.82, 2.24) is 9.80 Å². The summed E-state index contributed by atoms with van der Waals surface area (Å²) in [5, 5.41) is 1.12. The molecule has 0 aliphatic carbocycles. The number of rotatable bonds is 7. The van der Waals surface area contributed by atoms with Gasteiger partial charge in [0.1, 0.15) is 0 Å². The molecule has 166 valence electrons. The van der Waals surface area contributed by atoms with Crippen LogP contribution in [0.15, 0.2) is 47.5 Å². The van der Waals surface area contributed by atoms with Crippen LogP contribution in [0, 0.1) is 11.6 Å². The summed E-state index contributed by atoms with van der Waals surface area (Å²) >= 11 is 1.82. The molecule has 0 atom stereocenters. The van der Waals surface area contributed by atoms with Gasteiger partial charge in [-0.1, -0.05) is 36.0 Å². The lowest BCUT2D eigenvalue weighted by molar-refractivity contribution is 0.161. The van der Waals surface area contributed by atoms with Crippen molar-refractivity contribution in [2.45, 2.75) is 37.5 Å². The van der Waals surface area contributed by atoms with Gasteiger partial charge >= 0.3 is 0 Å². The van der Waals surface area contributed by atoms with Gasteiger partial charge in [-0.05, 0) is 56.0 Å². The zero-order chi connectivity index (χ0) is 21.6. The number of amidine groups is 1. The molecule has 0 saturated carbocycles. The van der Waals surface area contributed by atoms with Crippen molar-refractivity contribution < 1.29 is 13.5 Å². The number of unbranched alkanes of at least 4 members (excludes halogenated alkanes) is 1. The second-order valence-corrected chi connectivity index (χ2v) is 9.04. The Morgan fingerprint density at radius 3 is 2.58 bits per heavy atom. The summed E-state index contributed by atoms with van der Waals surface area (Å²) in [6.07, 6.45) is 3.97. The second-order valence-electron chi connectivity index (χ2n) is 8.10. The topological polar surface area (TPSA) is 28.1 Å². The van der Waals surface area contributed by atoms with E-state index in [1.54, 1.807) is 0 Å². The number of hydrogen-bond acceptors (Lipinski definition) is 5. The van der Waals surface area contributed by atoms with Gasteiger partial charge in [-0.2, -0.15) is 0 Å². The molecule has 2 aliphatic rings. The van der Waals surface area contributed by atoms with E-state index in [1.807, 2.05) is 17.8 Å². The SMILES string of the molecule is CN(C1=Nc2ccccc2CS1)C1CCN(CCCCOc2c(F)cccc2F)CC1. The van der Waals surface area contributed by atoms with Crippen LogP contribution in [0.4, 0.5) is 14.5 Å². The first-order valence-corrected chi connectivity index (χ1v) is 11.9. The quantitative estimate of drug-likeness (QED) is 0.530. The minimum Gasteiger partial charge on any atom is -0.488 e. The molecule has 2 aromatic rings. The predicted molar refractivity (Wildman–Crippen MR) is 123 cm³/mol. The fourth-order valence-electron chi connectivity index (χ4n) is 4.12. The Balaban J connectivity index is 1.17. The Kier molecular flexibility index (Phi) is 7.45. The Bertz CT molecular complexity index is 895. The molecule has 7 heteroatoms. The van der Waals surface area contributed by atoms with Crippen LogP contribution in [-0.4, -0.2) is 54.3 Å². The Morgan fingerprint density at radius 1 is 1.06 bits per heavy atom. The lowest BCUT2D eigenvalue weighted by Gasteiger charge is -2.38. The molecule has 2 heterocycles. The normalized spacial score (nSPS) is 17.2. The van der Waals surface area contributed by atoms with Crippen LogP contribution in [0.2, 0.25) is 0 Å². The third-order valence-electron chi connectivity index (χ3n) is 6.01. The highest BCUT2D eigenvalue weighted by molar-refractivity contribution is 8.13. The van der Waals surface area contributed by atoms with Crippen molar-refractivity contribution in [3.63, 3.8) is 0 Å². The lowest BCUT2D eigenvalue weighted by atomic mass is 10.0. The lowest BCUT2D eigenvalue weighted by Crippen LogP contribution is -2.45. The number of fused-ring (bicyclic) bond motifs is 1. The minimum absolute atomic E-state index is 0.266. The summed E-state index contributed by atoms with van der Waals surface area (Å²) in [7, 11) is 2.17. The van der Waals surface area contributed by atoms with Crippen molar-refractivity contribution in [2.75, 3.05) is 33.3 Å². The number of piperidine rings is 1. The fraction of sp³-hybridized carbons (Fsp3) is 0.458. The van der Waals surface area contributed by atoms with E-state index in [-0.39, 0.29) is 5.75 Å². The highest BCUT2D eigenvalue weighted by Crippen LogP contribution is 2.33. The average Bonchev–Trinajstić information content (AvgIpc) is 2.80. The van der Waals surface area contributed by atoms with Gasteiger partial charge < -0.3 is 14.5 Å². The largest absolute Gasteiger partial charge is 0.488 e. The molecule has 1 saturated heterocycles. The third kappa shape index (κ3) is 5.57. The molecule has 0 bridgehead atoms. The molecule has 4 nitrogen and oxygen atoms in total. The van der Waals surface area contributed by atoms with Gasteiger partial charge in [0.2, 0.25) is 0 Å². The zero-order valence-electron chi connectivity index (χ0n) is 17.9. The maximum absolute atomic E-state index is 13.6. The summed E-state index contributed by atoms with van der Waals surface area (Å²) in [4.78, 5) is 9.70. The monoisotopic (exact) mass is 445 g/mol. The van der Waals surface area contributed by atoms with Crippen molar-refractivity contribution in [3.8, 4) is 5.75 Å². The van der Waals surface area contributed by atoms with E-state index in [9.17, 15) is 8.78 Å². The molecule has 0 spiro atoms. The molecule has 1 fully saturated rings. The fourth-order valence-corrected chi connectivity index (χ4v) is 5.16. The van der Waals surface area contributed by atoms with E-state index >= 15 is 0 Å². The van der Waals surface area contributed by atoms with Crippen LogP contribution in [-0.2, 0) is 5.75 Å². The van der Waals surface area contributed by atoms with Gasteiger partial charge in [0.05, 0.1) is 12.3 Å². The summed E-state index contributed by atoms with van der Waals surface area (Å²) < 4.78 is 32.5. The first kappa shape index (κ1) is 22.1. The first-order chi connectivity index (χ1) is 15.1. The van der Waals surface area contributed by atoms with Gasteiger partial charge in [-0.25, -0.2) is 13.8 Å². The van der Waals surface area contributed by atoms with Gasteiger partial charge in [0.15, 0.2) is 22.6 Å². The third-order valence-corrected chi connectivity index (χ3v) is 7.10. The number of nitrogens with zero attached hydrogens (tertiary/aromatic N) is 3. The molecule has 0 unspecified atom stereocenters. The predicted octanol–water partition coefficient (Wildman–Crippen LogP) is 5.45. The van der Waals surface area contributed by atoms with E-state index < -0.39 is 11.6 Å². The number of halogens is 2. The number of hydrogen-bond donors (Lipinski definition) is 0. The number of thioether (sulfide) groups is 1. The van der Waals surface area contributed by atoms with Crippen molar-refractivity contribution in [2.24, 2.45) is 4.99 Å². The molecule has 0 N–H and O–H groups in total. The van der Waals surface area contributed by atoms with Gasteiger partial charge in [0.25, 0.3) is 0 Å². The van der Waals surface area contributed by atoms with E-state index in [1.165, 1.54) is 23.8 Å². The van der Waals surface area contributed by atoms with Crippen molar-refractivity contribution in [3.05, 3.63) is 59.7 Å². The van der Waals surface area contributed by atoms with Gasteiger partial charge in [-0.15, -0.1) is 0 Å². The molecule has 0 amide bonds. The minimum atomic E-state index is -0.643. The molecule has 0 radical (unpaired) electrons. The number of aliphatic imine (C=N–C) groups is 1. The van der Waals surface area contributed by atoms with Crippen LogP contribution in [0.1, 0.15) is 31.2 Å². The Morgan fingerprint density at radius 2 is 1.81 bits per heavy atom. The van der Waals surface area contributed by atoms with E-state index in [2.05, 4.69) is 35.0 Å². The number of likely N-dealkylation sites (tertiary alicyclic amines) is 1. The van der Waals surface area contributed by atoms with Crippen molar-refractivity contribution >= 4 is 22.6 Å². The van der Waals surface area contributed by atoms with Crippen LogP contribution in [0.25, 0.3) is 0 Å². The number of para-hydroxylation sites is 2. The maximum atomic E-state index is 13.6. The summed E-state index contributed by atoms with van der Waals surface area (Å²) in [5.74, 6) is -0.569. The molecule has 2 aromatic carbocycles. The van der Waals surface area contributed by atoms with Crippen LogP contribution in [0.3, 0.4) is 0 Å².